The van der Waals surface area contributed by atoms with Crippen molar-refractivity contribution in [3.8, 4) is 0 Å². The summed E-state index contributed by atoms with van der Waals surface area (Å²) in [5.74, 6) is 2.04. The number of hydrogen-bond donors (Lipinski definition) is 0. The summed E-state index contributed by atoms with van der Waals surface area (Å²) in [5.41, 5.74) is 4.90. The standard InChI is InChI=1S/C22H23NO2S2/c1-2-25-21(24)19-17(16-9-11-23-12-10-16)18(15-7-4-3-5-8-15)20(19)22-26-13-6-14-27-22/h3-5,7-12,17,19,22H,2,6,13-14H2,1H3/t17-,19+/m1/s1. The minimum Gasteiger partial charge on any atom is -0.466 e. The molecule has 0 radical (unpaired) electrons. The summed E-state index contributed by atoms with van der Waals surface area (Å²) >= 11 is 3.93. The monoisotopic (exact) mass is 397 g/mol. The van der Waals surface area contributed by atoms with Gasteiger partial charge in [0.1, 0.15) is 0 Å². The summed E-state index contributed by atoms with van der Waals surface area (Å²) in [7, 11) is 0. The van der Waals surface area contributed by atoms with Crippen LogP contribution in [0.2, 0.25) is 0 Å². The Morgan fingerprint density at radius 3 is 2.48 bits per heavy atom. The third-order valence-corrected chi connectivity index (χ3v) is 8.04. The van der Waals surface area contributed by atoms with E-state index in [-0.39, 0.29) is 17.8 Å². The summed E-state index contributed by atoms with van der Waals surface area (Å²) in [6, 6.07) is 14.5. The number of pyridine rings is 1. The van der Waals surface area contributed by atoms with E-state index in [9.17, 15) is 4.79 Å². The van der Waals surface area contributed by atoms with E-state index in [1.54, 1.807) is 0 Å². The average Bonchev–Trinajstić information content (AvgIpc) is 2.70. The van der Waals surface area contributed by atoms with Crippen molar-refractivity contribution in [2.45, 2.75) is 23.8 Å². The number of esters is 1. The number of carbonyl (C=O) groups is 1. The lowest BCUT2D eigenvalue weighted by molar-refractivity contribution is -0.147. The zero-order chi connectivity index (χ0) is 18.6. The first-order chi connectivity index (χ1) is 13.3. The first-order valence-corrected chi connectivity index (χ1v) is 11.5. The van der Waals surface area contributed by atoms with Gasteiger partial charge in [-0.1, -0.05) is 30.3 Å². The maximum Gasteiger partial charge on any atom is 0.314 e. The number of hydrogen-bond acceptors (Lipinski definition) is 5. The van der Waals surface area contributed by atoms with Gasteiger partial charge < -0.3 is 4.74 Å². The van der Waals surface area contributed by atoms with Crippen LogP contribution in [0.5, 0.6) is 0 Å². The predicted molar refractivity (Wildman–Crippen MR) is 114 cm³/mol. The third-order valence-electron chi connectivity index (χ3n) is 5.06. The molecule has 140 valence electrons. The van der Waals surface area contributed by atoms with Gasteiger partial charge in [-0.05, 0) is 59.3 Å². The molecule has 2 aliphatic rings. The summed E-state index contributed by atoms with van der Waals surface area (Å²) < 4.78 is 5.83. The minimum atomic E-state index is -0.203. The molecule has 2 heterocycles. The van der Waals surface area contributed by atoms with Crippen molar-refractivity contribution in [3.63, 3.8) is 0 Å². The highest BCUT2D eigenvalue weighted by Gasteiger charge is 2.49. The van der Waals surface area contributed by atoms with E-state index in [0.717, 1.165) is 17.1 Å². The Hall–Kier alpha value is -1.72. The number of carbonyl (C=O) groups excluding carboxylic acids is 1. The molecule has 27 heavy (non-hydrogen) atoms. The predicted octanol–water partition coefficient (Wildman–Crippen LogP) is 5.01. The first-order valence-electron chi connectivity index (χ1n) is 9.40. The Kier molecular flexibility index (Phi) is 5.89. The fourth-order valence-corrected chi connectivity index (χ4v) is 7.03. The maximum atomic E-state index is 12.9. The van der Waals surface area contributed by atoms with E-state index < -0.39 is 0 Å². The van der Waals surface area contributed by atoms with Crippen LogP contribution in [0.3, 0.4) is 0 Å². The second kappa shape index (κ2) is 8.53. The summed E-state index contributed by atoms with van der Waals surface area (Å²) in [6.07, 6.45) is 4.85. The summed E-state index contributed by atoms with van der Waals surface area (Å²) in [6.45, 7) is 2.29. The number of nitrogens with zero attached hydrogens (tertiary/aromatic N) is 1. The van der Waals surface area contributed by atoms with Crippen molar-refractivity contribution < 1.29 is 9.53 Å². The molecule has 0 N–H and O–H groups in total. The number of rotatable bonds is 5. The van der Waals surface area contributed by atoms with E-state index in [4.69, 9.17) is 4.74 Å². The summed E-state index contributed by atoms with van der Waals surface area (Å²) in [4.78, 5) is 17.1. The number of aromatic nitrogens is 1. The smallest absolute Gasteiger partial charge is 0.314 e. The molecule has 4 rings (SSSR count). The van der Waals surface area contributed by atoms with E-state index >= 15 is 0 Å². The van der Waals surface area contributed by atoms with Crippen molar-refractivity contribution in [2.24, 2.45) is 5.92 Å². The lowest BCUT2D eigenvalue weighted by atomic mass is 9.63. The second-order valence-corrected chi connectivity index (χ2v) is 9.37. The molecule has 0 unspecified atom stereocenters. The SMILES string of the molecule is CCOC(=O)[C@@H]1C(C2SCCCS2)=C(c2ccccc2)[C@H]1c1ccncc1. The third kappa shape index (κ3) is 3.67. The Morgan fingerprint density at radius 1 is 1.11 bits per heavy atom. The van der Waals surface area contributed by atoms with Gasteiger partial charge in [-0.15, -0.1) is 23.5 Å². The topological polar surface area (TPSA) is 39.2 Å². The maximum absolute atomic E-state index is 12.9. The van der Waals surface area contributed by atoms with Crippen LogP contribution < -0.4 is 0 Å². The van der Waals surface area contributed by atoms with Gasteiger partial charge in [-0.3, -0.25) is 9.78 Å². The van der Waals surface area contributed by atoms with E-state index in [1.165, 1.54) is 23.1 Å². The number of allylic oxidation sites excluding steroid dienone is 1. The molecule has 1 fully saturated rings. The molecule has 1 saturated heterocycles. The number of benzene rings is 1. The molecule has 0 spiro atoms. The van der Waals surface area contributed by atoms with E-state index in [0.29, 0.717) is 11.2 Å². The molecule has 1 aliphatic carbocycles. The molecule has 0 amide bonds. The Balaban J connectivity index is 1.83. The largest absolute Gasteiger partial charge is 0.466 e. The van der Waals surface area contributed by atoms with Gasteiger partial charge in [0.25, 0.3) is 0 Å². The van der Waals surface area contributed by atoms with Gasteiger partial charge >= 0.3 is 5.97 Å². The Morgan fingerprint density at radius 2 is 1.81 bits per heavy atom. The first kappa shape index (κ1) is 18.6. The van der Waals surface area contributed by atoms with E-state index in [2.05, 4.69) is 29.2 Å². The second-order valence-electron chi connectivity index (χ2n) is 6.65. The number of thioether (sulfide) groups is 2. The highest BCUT2D eigenvalue weighted by Crippen LogP contribution is 2.58. The molecule has 3 nitrogen and oxygen atoms in total. The molecular formula is C22H23NO2S2. The van der Waals surface area contributed by atoms with Gasteiger partial charge in [0.15, 0.2) is 0 Å². The quantitative estimate of drug-likeness (QED) is 0.663. The number of ether oxygens (including phenoxy) is 1. The van der Waals surface area contributed by atoms with Gasteiger partial charge in [-0.2, -0.15) is 0 Å². The zero-order valence-corrected chi connectivity index (χ0v) is 17.0. The Bertz CT molecular complexity index is 817. The average molecular weight is 398 g/mol. The van der Waals surface area contributed by atoms with Gasteiger partial charge in [0.2, 0.25) is 0 Å². The lowest BCUT2D eigenvalue weighted by Crippen LogP contribution is -2.39. The van der Waals surface area contributed by atoms with Crippen LogP contribution in [0.4, 0.5) is 0 Å². The highest BCUT2D eigenvalue weighted by molar-refractivity contribution is 8.17. The molecular weight excluding hydrogens is 374 g/mol. The van der Waals surface area contributed by atoms with E-state index in [1.807, 2.05) is 61.0 Å². The van der Waals surface area contributed by atoms with Crippen molar-refractivity contribution in [1.82, 2.24) is 4.98 Å². The molecule has 0 saturated carbocycles. The van der Waals surface area contributed by atoms with Crippen molar-refractivity contribution >= 4 is 35.1 Å². The van der Waals surface area contributed by atoms with Crippen LogP contribution in [-0.2, 0) is 9.53 Å². The van der Waals surface area contributed by atoms with Crippen molar-refractivity contribution in [2.75, 3.05) is 18.1 Å². The summed E-state index contributed by atoms with van der Waals surface area (Å²) in [5, 5.41) is 0. The zero-order valence-electron chi connectivity index (χ0n) is 15.3. The molecule has 5 heteroatoms. The fraction of sp³-hybridized carbons (Fsp3) is 0.364. The molecule has 0 bridgehead atoms. The highest BCUT2D eigenvalue weighted by atomic mass is 32.2. The normalized spacial score (nSPS) is 23.0. The van der Waals surface area contributed by atoms with Crippen LogP contribution in [0.25, 0.3) is 5.57 Å². The van der Waals surface area contributed by atoms with Crippen LogP contribution in [0.15, 0.2) is 60.4 Å². The van der Waals surface area contributed by atoms with Crippen molar-refractivity contribution in [3.05, 3.63) is 71.6 Å². The Labute approximate surface area is 169 Å². The molecule has 2 aromatic rings. The van der Waals surface area contributed by atoms with Gasteiger partial charge in [-0.25, -0.2) is 0 Å². The fourth-order valence-electron chi connectivity index (χ4n) is 3.93. The van der Waals surface area contributed by atoms with Crippen LogP contribution in [-0.4, -0.2) is 33.6 Å². The van der Waals surface area contributed by atoms with Gasteiger partial charge in [0, 0.05) is 18.3 Å². The molecule has 1 aromatic heterocycles. The molecule has 1 aliphatic heterocycles. The van der Waals surface area contributed by atoms with Crippen LogP contribution in [0, 0.1) is 5.92 Å². The lowest BCUT2D eigenvalue weighted by Gasteiger charge is -2.44. The van der Waals surface area contributed by atoms with Crippen LogP contribution >= 0.6 is 23.5 Å². The van der Waals surface area contributed by atoms with Crippen molar-refractivity contribution in [1.29, 1.82) is 0 Å². The molecule has 2 atom stereocenters. The van der Waals surface area contributed by atoms with Crippen LogP contribution in [0.1, 0.15) is 30.4 Å². The molecule has 1 aromatic carbocycles. The minimum absolute atomic E-state index is 0.0348. The van der Waals surface area contributed by atoms with Gasteiger partial charge in [0.05, 0.1) is 17.1 Å².